The van der Waals surface area contributed by atoms with Gasteiger partial charge in [-0.25, -0.2) is 9.78 Å². The van der Waals surface area contributed by atoms with Crippen LogP contribution < -0.4 is 5.32 Å². The molecule has 7 nitrogen and oxygen atoms in total. The smallest absolute Gasteiger partial charge is 0.328 e. The number of carboxylic acid groups (broad SMARTS) is 1. The lowest BCUT2D eigenvalue weighted by atomic mass is 10.2. The molecule has 0 bridgehead atoms. The Bertz CT molecular complexity index is 633. The highest BCUT2D eigenvalue weighted by Crippen LogP contribution is 2.02. The Hall–Kier alpha value is -2.96. The van der Waals surface area contributed by atoms with Crippen LogP contribution in [-0.4, -0.2) is 38.5 Å². The number of nitrogens with zero attached hydrogens (tertiary/aromatic N) is 2. The number of carboxylic acids is 1. The molecule has 2 aromatic rings. The van der Waals surface area contributed by atoms with Gasteiger partial charge in [0.05, 0.1) is 0 Å². The molecule has 1 amide bonds. The minimum atomic E-state index is -1.03. The second kappa shape index (κ2) is 6.99. The summed E-state index contributed by atoms with van der Waals surface area (Å²) in [5.74, 6) is -0.512. The van der Waals surface area contributed by atoms with Crippen LogP contribution in [-0.2, 0) is 11.2 Å². The Morgan fingerprint density at radius 1 is 1.33 bits per heavy atom. The van der Waals surface area contributed by atoms with E-state index in [2.05, 4.69) is 20.3 Å². The van der Waals surface area contributed by atoms with Gasteiger partial charge in [0.1, 0.15) is 11.5 Å². The van der Waals surface area contributed by atoms with Crippen LogP contribution >= 0.6 is 0 Å². The second-order valence-electron chi connectivity index (χ2n) is 4.19. The summed E-state index contributed by atoms with van der Waals surface area (Å²) in [6.45, 7) is 0.453. The van der Waals surface area contributed by atoms with E-state index in [-0.39, 0.29) is 11.6 Å². The summed E-state index contributed by atoms with van der Waals surface area (Å²) in [4.78, 5) is 33.2. The van der Waals surface area contributed by atoms with Crippen LogP contribution in [0.25, 0.3) is 6.08 Å². The predicted octanol–water partition coefficient (Wildman–Crippen LogP) is 0.875. The first-order valence-electron chi connectivity index (χ1n) is 6.28. The highest BCUT2D eigenvalue weighted by atomic mass is 16.4. The average molecular weight is 286 g/mol. The molecular weight excluding hydrogens is 272 g/mol. The molecule has 3 N–H and O–H groups in total. The molecule has 0 aliphatic heterocycles. The third-order valence-electron chi connectivity index (χ3n) is 2.64. The molecule has 0 unspecified atom stereocenters. The normalized spacial score (nSPS) is 10.7. The molecule has 21 heavy (non-hydrogen) atoms. The number of hydrogen-bond donors (Lipinski definition) is 3. The molecule has 2 rings (SSSR count). The number of aliphatic carboxylic acids is 1. The third kappa shape index (κ3) is 4.57. The van der Waals surface area contributed by atoms with Crippen molar-refractivity contribution in [2.45, 2.75) is 6.42 Å². The van der Waals surface area contributed by atoms with Crippen LogP contribution in [0.4, 0.5) is 0 Å². The van der Waals surface area contributed by atoms with Crippen LogP contribution in [0, 0.1) is 0 Å². The maximum Gasteiger partial charge on any atom is 0.328 e. The first-order chi connectivity index (χ1) is 10.1. The molecule has 2 aromatic heterocycles. The monoisotopic (exact) mass is 286 g/mol. The molecule has 108 valence electrons. The molecule has 0 aliphatic rings. The van der Waals surface area contributed by atoms with E-state index in [9.17, 15) is 9.59 Å². The third-order valence-corrected chi connectivity index (χ3v) is 2.64. The van der Waals surface area contributed by atoms with Crippen molar-refractivity contribution in [1.82, 2.24) is 20.3 Å². The Balaban J connectivity index is 1.86. The van der Waals surface area contributed by atoms with Gasteiger partial charge in [0.2, 0.25) is 0 Å². The molecule has 0 aromatic carbocycles. The van der Waals surface area contributed by atoms with Crippen LogP contribution in [0.15, 0.2) is 36.8 Å². The second-order valence-corrected chi connectivity index (χ2v) is 4.19. The number of H-pyrrole nitrogens is 1. The fraction of sp³-hybridized carbons (Fsp3) is 0.143. The van der Waals surface area contributed by atoms with Crippen molar-refractivity contribution in [1.29, 1.82) is 0 Å². The van der Waals surface area contributed by atoms with Crippen molar-refractivity contribution < 1.29 is 14.7 Å². The highest BCUT2D eigenvalue weighted by Gasteiger charge is 2.06. The van der Waals surface area contributed by atoms with Gasteiger partial charge in [-0.05, 0) is 17.7 Å². The fourth-order valence-corrected chi connectivity index (χ4v) is 1.63. The number of imidazole rings is 1. The number of aromatic amines is 1. The largest absolute Gasteiger partial charge is 0.478 e. The molecule has 0 aliphatic carbocycles. The number of amides is 1. The molecule has 0 atom stereocenters. The number of rotatable bonds is 6. The Morgan fingerprint density at radius 2 is 2.19 bits per heavy atom. The molecular formula is C14H14N4O3. The zero-order chi connectivity index (χ0) is 15.1. The van der Waals surface area contributed by atoms with Gasteiger partial charge in [-0.3, -0.25) is 9.78 Å². The Labute approximate surface area is 120 Å². The summed E-state index contributed by atoms with van der Waals surface area (Å²) in [6.07, 6.45) is 7.86. The minimum absolute atomic E-state index is 0.280. The minimum Gasteiger partial charge on any atom is -0.478 e. The lowest BCUT2D eigenvalue weighted by Gasteiger charge is -2.03. The van der Waals surface area contributed by atoms with Gasteiger partial charge in [0.15, 0.2) is 0 Å². The van der Waals surface area contributed by atoms with Crippen molar-refractivity contribution in [2.75, 3.05) is 6.54 Å². The summed E-state index contributed by atoms with van der Waals surface area (Å²) < 4.78 is 0. The number of hydrogen-bond acceptors (Lipinski definition) is 4. The average Bonchev–Trinajstić information content (AvgIpc) is 2.99. The van der Waals surface area contributed by atoms with E-state index in [1.807, 2.05) is 0 Å². The van der Waals surface area contributed by atoms with Crippen molar-refractivity contribution in [3.8, 4) is 0 Å². The van der Waals surface area contributed by atoms with Crippen LogP contribution in [0.5, 0.6) is 0 Å². The van der Waals surface area contributed by atoms with Crippen molar-refractivity contribution in [3.63, 3.8) is 0 Å². The zero-order valence-corrected chi connectivity index (χ0v) is 11.1. The maximum atomic E-state index is 11.8. The van der Waals surface area contributed by atoms with Gasteiger partial charge in [-0.15, -0.1) is 0 Å². The predicted molar refractivity (Wildman–Crippen MR) is 75.5 cm³/mol. The van der Waals surface area contributed by atoms with Gasteiger partial charge >= 0.3 is 5.97 Å². The molecule has 0 radical (unpaired) electrons. The first kappa shape index (κ1) is 14.4. The summed E-state index contributed by atoms with van der Waals surface area (Å²) in [5.41, 5.74) is 0.895. The summed E-state index contributed by atoms with van der Waals surface area (Å²) >= 11 is 0. The Kier molecular flexibility index (Phi) is 4.81. The van der Waals surface area contributed by atoms with E-state index in [4.69, 9.17) is 5.11 Å². The van der Waals surface area contributed by atoms with Crippen LogP contribution in [0.3, 0.4) is 0 Å². The van der Waals surface area contributed by atoms with Crippen LogP contribution in [0.2, 0.25) is 0 Å². The topological polar surface area (TPSA) is 108 Å². The molecule has 2 heterocycles. The van der Waals surface area contributed by atoms with Gasteiger partial charge in [-0.2, -0.15) is 0 Å². The first-order valence-corrected chi connectivity index (χ1v) is 6.28. The lowest BCUT2D eigenvalue weighted by Crippen LogP contribution is -2.26. The summed E-state index contributed by atoms with van der Waals surface area (Å²) in [5, 5.41) is 11.2. The summed E-state index contributed by atoms with van der Waals surface area (Å²) in [6, 6.07) is 3.18. The Morgan fingerprint density at radius 3 is 2.81 bits per heavy atom. The number of carbonyl (C=O) groups excluding carboxylic acids is 1. The van der Waals surface area contributed by atoms with Crippen molar-refractivity contribution in [3.05, 3.63) is 53.9 Å². The van der Waals surface area contributed by atoms with Gasteiger partial charge in [0, 0.05) is 37.6 Å². The fourth-order valence-electron chi connectivity index (χ4n) is 1.63. The van der Waals surface area contributed by atoms with Gasteiger partial charge in [-0.1, -0.05) is 6.07 Å². The van der Waals surface area contributed by atoms with E-state index >= 15 is 0 Å². The van der Waals surface area contributed by atoms with Gasteiger partial charge < -0.3 is 15.4 Å². The number of aromatic nitrogens is 3. The standard InChI is InChI=1S/C14H14N4O3/c19-13(20)4-2-10-1-3-11(18-9-10)14(21)17-6-5-12-15-7-8-16-12/h1-4,7-9H,5-6H2,(H,15,16)(H,17,21)(H,19,20)/b4-2+. The quantitative estimate of drug-likeness (QED) is 0.683. The van der Waals surface area contributed by atoms with E-state index in [0.717, 1.165) is 11.9 Å². The highest BCUT2D eigenvalue weighted by molar-refractivity contribution is 5.92. The van der Waals surface area contributed by atoms with E-state index in [1.54, 1.807) is 24.5 Å². The van der Waals surface area contributed by atoms with Crippen LogP contribution in [0.1, 0.15) is 21.9 Å². The van der Waals surface area contributed by atoms with E-state index in [0.29, 0.717) is 18.5 Å². The van der Waals surface area contributed by atoms with Gasteiger partial charge in [0.25, 0.3) is 5.91 Å². The lowest BCUT2D eigenvalue weighted by molar-refractivity contribution is -0.131. The van der Waals surface area contributed by atoms with Crippen molar-refractivity contribution >= 4 is 18.0 Å². The number of pyridine rings is 1. The summed E-state index contributed by atoms with van der Waals surface area (Å²) in [7, 11) is 0. The molecule has 0 saturated heterocycles. The number of nitrogens with one attached hydrogen (secondary N) is 2. The van der Waals surface area contributed by atoms with E-state index in [1.165, 1.54) is 12.3 Å². The molecule has 0 saturated carbocycles. The zero-order valence-electron chi connectivity index (χ0n) is 11.1. The SMILES string of the molecule is O=C(O)/C=C/c1ccc(C(=O)NCCc2ncc[nH]2)nc1. The molecule has 0 fully saturated rings. The molecule has 7 heteroatoms. The number of carbonyl (C=O) groups is 2. The van der Waals surface area contributed by atoms with Crippen molar-refractivity contribution in [2.24, 2.45) is 0 Å². The van der Waals surface area contributed by atoms with E-state index < -0.39 is 5.97 Å². The maximum absolute atomic E-state index is 11.8. The molecule has 0 spiro atoms.